The lowest BCUT2D eigenvalue weighted by molar-refractivity contribution is 0.00520. The van der Waals surface area contributed by atoms with Crippen LogP contribution in [0.2, 0.25) is 0 Å². The summed E-state index contributed by atoms with van der Waals surface area (Å²) in [5.74, 6) is 0.0975. The van der Waals surface area contributed by atoms with Crippen LogP contribution >= 0.6 is 0 Å². The quantitative estimate of drug-likeness (QED) is 0.222. The fourth-order valence-electron chi connectivity index (χ4n) is 5.65. The van der Waals surface area contributed by atoms with Crippen LogP contribution in [-0.4, -0.2) is 42.7 Å². The van der Waals surface area contributed by atoms with Gasteiger partial charge in [-0.15, -0.1) is 0 Å². The van der Waals surface area contributed by atoms with Crippen LogP contribution in [0.4, 0.5) is 0 Å². The third-order valence-corrected chi connectivity index (χ3v) is 7.50. The summed E-state index contributed by atoms with van der Waals surface area (Å²) >= 11 is 0. The number of methoxy groups -OCH3 is 1. The van der Waals surface area contributed by atoms with Crippen molar-refractivity contribution in [2.24, 2.45) is 0 Å². The molecule has 2 atom stereocenters. The minimum atomic E-state index is -1.25. The molecule has 0 saturated carbocycles. The number of benzene rings is 4. The van der Waals surface area contributed by atoms with Gasteiger partial charge in [0.1, 0.15) is 5.60 Å². The zero-order valence-electron chi connectivity index (χ0n) is 23.1. The molecule has 0 saturated heterocycles. The molecular weight excluding hydrogens is 480 g/mol. The van der Waals surface area contributed by atoms with Crippen LogP contribution in [0.5, 0.6) is 5.88 Å². The van der Waals surface area contributed by atoms with Crippen LogP contribution in [0.3, 0.4) is 0 Å². The summed E-state index contributed by atoms with van der Waals surface area (Å²) in [5, 5.41) is 16.3. The Bertz CT molecular complexity index is 1600. The number of nitrogens with zero attached hydrogens (tertiary/aromatic N) is 2. The number of aromatic nitrogens is 1. The Morgan fingerprint density at radius 1 is 0.897 bits per heavy atom. The van der Waals surface area contributed by atoms with E-state index in [4.69, 9.17) is 9.72 Å². The molecule has 0 bridgehead atoms. The minimum Gasteiger partial charge on any atom is -0.481 e. The molecule has 2 unspecified atom stereocenters. The SMILES string of the molecule is CC=Cc1ccc2nc(OC)c(C(c3ccccc3)C(O)(CCN(C)C)c3cccc4ccccc34)cc2c1. The van der Waals surface area contributed by atoms with Gasteiger partial charge in [0.05, 0.1) is 12.6 Å². The Balaban J connectivity index is 1.83. The van der Waals surface area contributed by atoms with Gasteiger partial charge in [-0.1, -0.05) is 91.0 Å². The van der Waals surface area contributed by atoms with E-state index in [1.807, 2.05) is 69.6 Å². The standard InChI is InChI=1S/C35H36N2O2/c1-5-12-25-19-20-32-28(23-25)24-30(34(36-32)39-4)33(27-14-7-6-8-15-27)35(38,21-22-37(2)3)31-18-11-16-26-13-9-10-17-29(26)31/h5-20,23-24,33,38H,21-22H2,1-4H3. The summed E-state index contributed by atoms with van der Waals surface area (Å²) in [6, 6.07) is 33.1. The largest absolute Gasteiger partial charge is 0.481 e. The molecule has 4 nitrogen and oxygen atoms in total. The molecule has 1 aromatic heterocycles. The van der Waals surface area contributed by atoms with Crippen molar-refractivity contribution >= 4 is 27.8 Å². The van der Waals surface area contributed by atoms with Crippen molar-refractivity contribution in [1.82, 2.24) is 9.88 Å². The molecule has 1 heterocycles. The second-order valence-corrected chi connectivity index (χ2v) is 10.4. The lowest BCUT2D eigenvalue weighted by Crippen LogP contribution is -2.38. The van der Waals surface area contributed by atoms with Crippen molar-refractivity contribution in [3.05, 3.63) is 125 Å². The number of hydrogen-bond donors (Lipinski definition) is 1. The Hall–Kier alpha value is -3.99. The first-order valence-corrected chi connectivity index (χ1v) is 13.5. The highest BCUT2D eigenvalue weighted by molar-refractivity contribution is 5.87. The first-order valence-electron chi connectivity index (χ1n) is 13.5. The maximum Gasteiger partial charge on any atom is 0.217 e. The highest BCUT2D eigenvalue weighted by Crippen LogP contribution is 2.49. The number of ether oxygens (including phenoxy) is 1. The maximum absolute atomic E-state index is 13.1. The summed E-state index contributed by atoms with van der Waals surface area (Å²) in [4.78, 5) is 7.06. The molecule has 0 amide bonds. The number of pyridine rings is 1. The predicted octanol–water partition coefficient (Wildman–Crippen LogP) is 7.40. The van der Waals surface area contributed by atoms with E-state index in [0.29, 0.717) is 18.8 Å². The van der Waals surface area contributed by atoms with E-state index in [9.17, 15) is 5.11 Å². The topological polar surface area (TPSA) is 45.6 Å². The summed E-state index contributed by atoms with van der Waals surface area (Å²) in [5.41, 5.74) is 3.49. The Labute approximate surface area is 231 Å². The monoisotopic (exact) mass is 516 g/mol. The average Bonchev–Trinajstić information content (AvgIpc) is 2.96. The predicted molar refractivity (Wildman–Crippen MR) is 162 cm³/mol. The highest BCUT2D eigenvalue weighted by atomic mass is 16.5. The smallest absolute Gasteiger partial charge is 0.217 e. The molecule has 0 radical (unpaired) electrons. The van der Waals surface area contributed by atoms with Gasteiger partial charge in [0.15, 0.2) is 0 Å². The van der Waals surface area contributed by atoms with Crippen LogP contribution < -0.4 is 4.74 Å². The number of allylic oxidation sites excluding steroid dienone is 1. The second-order valence-electron chi connectivity index (χ2n) is 10.4. The molecule has 0 fully saturated rings. The number of fused-ring (bicyclic) bond motifs is 2. The lowest BCUT2D eigenvalue weighted by atomic mass is 9.70. The van der Waals surface area contributed by atoms with Gasteiger partial charge in [0.25, 0.3) is 0 Å². The molecule has 0 aliphatic heterocycles. The van der Waals surface area contributed by atoms with E-state index in [1.54, 1.807) is 7.11 Å². The Morgan fingerprint density at radius 3 is 2.38 bits per heavy atom. The summed E-state index contributed by atoms with van der Waals surface area (Å²) in [6.45, 7) is 2.72. The second kappa shape index (κ2) is 11.4. The minimum absolute atomic E-state index is 0.429. The molecule has 0 aliphatic carbocycles. The number of rotatable bonds is 9. The maximum atomic E-state index is 13.1. The van der Waals surface area contributed by atoms with Crippen molar-refractivity contribution in [3.63, 3.8) is 0 Å². The van der Waals surface area contributed by atoms with E-state index in [2.05, 4.69) is 65.6 Å². The van der Waals surface area contributed by atoms with Crippen molar-refractivity contribution in [1.29, 1.82) is 0 Å². The van der Waals surface area contributed by atoms with Crippen LogP contribution in [0.1, 0.15) is 41.5 Å². The third kappa shape index (κ3) is 5.31. The lowest BCUT2D eigenvalue weighted by Gasteiger charge is -2.39. The Morgan fingerprint density at radius 2 is 1.64 bits per heavy atom. The van der Waals surface area contributed by atoms with Crippen molar-refractivity contribution in [2.45, 2.75) is 24.9 Å². The molecule has 4 aromatic carbocycles. The zero-order chi connectivity index (χ0) is 27.4. The molecule has 0 spiro atoms. The molecule has 1 N–H and O–H groups in total. The summed E-state index contributed by atoms with van der Waals surface area (Å²) in [6.07, 6.45) is 4.64. The normalized spacial score (nSPS) is 14.2. The van der Waals surface area contributed by atoms with Gasteiger partial charge in [-0.25, -0.2) is 4.98 Å². The molecule has 0 aliphatic rings. The van der Waals surface area contributed by atoms with Crippen molar-refractivity contribution in [3.8, 4) is 5.88 Å². The van der Waals surface area contributed by atoms with Gasteiger partial charge in [0.2, 0.25) is 5.88 Å². The van der Waals surface area contributed by atoms with Crippen molar-refractivity contribution in [2.75, 3.05) is 27.7 Å². The Kier molecular flexibility index (Phi) is 7.78. The van der Waals surface area contributed by atoms with E-state index in [-0.39, 0.29) is 0 Å². The van der Waals surface area contributed by atoms with Crippen LogP contribution in [0.15, 0.2) is 103 Å². The van der Waals surface area contributed by atoms with E-state index in [0.717, 1.165) is 43.9 Å². The third-order valence-electron chi connectivity index (χ3n) is 7.50. The fourth-order valence-corrected chi connectivity index (χ4v) is 5.65. The van der Waals surface area contributed by atoms with Crippen LogP contribution in [-0.2, 0) is 5.60 Å². The van der Waals surface area contributed by atoms with E-state index >= 15 is 0 Å². The molecule has 4 heteroatoms. The average molecular weight is 517 g/mol. The number of aliphatic hydroxyl groups is 1. The van der Waals surface area contributed by atoms with Gasteiger partial charge in [-0.05, 0) is 73.1 Å². The van der Waals surface area contributed by atoms with Gasteiger partial charge in [-0.3, -0.25) is 0 Å². The molecule has 198 valence electrons. The van der Waals surface area contributed by atoms with Gasteiger partial charge in [0, 0.05) is 23.4 Å². The molecule has 5 aromatic rings. The van der Waals surface area contributed by atoms with E-state index in [1.165, 1.54) is 0 Å². The fraction of sp³-hybridized carbons (Fsp3) is 0.229. The van der Waals surface area contributed by atoms with Gasteiger partial charge < -0.3 is 14.7 Å². The van der Waals surface area contributed by atoms with Crippen molar-refractivity contribution < 1.29 is 9.84 Å². The highest BCUT2D eigenvalue weighted by Gasteiger charge is 2.43. The van der Waals surface area contributed by atoms with E-state index < -0.39 is 11.5 Å². The molecule has 5 rings (SSSR count). The first-order chi connectivity index (χ1) is 18.9. The molecule has 39 heavy (non-hydrogen) atoms. The van der Waals surface area contributed by atoms with Crippen LogP contribution in [0, 0.1) is 0 Å². The van der Waals surface area contributed by atoms with Gasteiger partial charge >= 0.3 is 0 Å². The number of hydrogen-bond acceptors (Lipinski definition) is 4. The first kappa shape index (κ1) is 26.6. The molecular formula is C35H36N2O2. The summed E-state index contributed by atoms with van der Waals surface area (Å²) in [7, 11) is 5.74. The van der Waals surface area contributed by atoms with Crippen LogP contribution in [0.25, 0.3) is 27.8 Å². The zero-order valence-corrected chi connectivity index (χ0v) is 23.1. The summed E-state index contributed by atoms with van der Waals surface area (Å²) < 4.78 is 5.93. The van der Waals surface area contributed by atoms with Gasteiger partial charge in [-0.2, -0.15) is 0 Å².